The summed E-state index contributed by atoms with van der Waals surface area (Å²) in [5.74, 6) is 0.395. The number of aromatic nitrogens is 3. The molecule has 1 unspecified atom stereocenters. The Morgan fingerprint density at radius 3 is 2.31 bits per heavy atom. The number of aryl methyl sites for hydroxylation is 2. The predicted octanol–water partition coefficient (Wildman–Crippen LogP) is 5.03. The lowest BCUT2D eigenvalue weighted by atomic mass is 10.1. The molecule has 0 saturated carbocycles. The zero-order valence-electron chi connectivity index (χ0n) is 20.6. The Bertz CT molecular complexity index is 1340. The lowest BCUT2D eigenvalue weighted by molar-refractivity contribution is -0.119. The number of anilines is 1. The standard InChI is InChI=1S/C28H29N5O2S/c1-19-14-15-24(20(2)16-19)30-26(34)17-25-31-32-28(33(25)23-12-8-5-9-13-23)36-18-27(35)29-21(3)22-10-6-4-7-11-22/h4-16,21H,17-18H2,1-3H3,(H,29,35)(H,30,34). The van der Waals surface area contributed by atoms with Crippen molar-refractivity contribution in [3.63, 3.8) is 0 Å². The van der Waals surface area contributed by atoms with Gasteiger partial charge in [-0.3, -0.25) is 14.2 Å². The molecule has 0 spiro atoms. The highest BCUT2D eigenvalue weighted by Crippen LogP contribution is 2.23. The monoisotopic (exact) mass is 499 g/mol. The summed E-state index contributed by atoms with van der Waals surface area (Å²) in [6.45, 7) is 5.94. The highest BCUT2D eigenvalue weighted by molar-refractivity contribution is 7.99. The van der Waals surface area contributed by atoms with E-state index in [1.165, 1.54) is 11.8 Å². The summed E-state index contributed by atoms with van der Waals surface area (Å²) in [7, 11) is 0. The fourth-order valence-corrected chi connectivity index (χ4v) is 4.66. The van der Waals surface area contributed by atoms with Gasteiger partial charge in [0.1, 0.15) is 5.82 Å². The lowest BCUT2D eigenvalue weighted by Gasteiger charge is -2.14. The summed E-state index contributed by atoms with van der Waals surface area (Å²) < 4.78 is 1.83. The number of hydrogen-bond donors (Lipinski definition) is 2. The van der Waals surface area contributed by atoms with Gasteiger partial charge in [-0.2, -0.15) is 0 Å². The maximum absolute atomic E-state index is 12.9. The summed E-state index contributed by atoms with van der Waals surface area (Å²) >= 11 is 1.29. The molecule has 7 nitrogen and oxygen atoms in total. The van der Waals surface area contributed by atoms with Crippen LogP contribution in [0, 0.1) is 13.8 Å². The fraction of sp³-hybridized carbons (Fsp3) is 0.214. The molecular weight excluding hydrogens is 470 g/mol. The second kappa shape index (κ2) is 11.7. The van der Waals surface area contributed by atoms with E-state index in [1.807, 2.05) is 104 Å². The van der Waals surface area contributed by atoms with Crippen LogP contribution in [0.2, 0.25) is 0 Å². The van der Waals surface area contributed by atoms with Crippen molar-refractivity contribution in [2.75, 3.05) is 11.1 Å². The van der Waals surface area contributed by atoms with Crippen molar-refractivity contribution in [3.8, 4) is 5.69 Å². The van der Waals surface area contributed by atoms with Crippen LogP contribution in [0.3, 0.4) is 0 Å². The van der Waals surface area contributed by atoms with Gasteiger partial charge in [0.15, 0.2) is 5.16 Å². The second-order valence-corrected chi connectivity index (χ2v) is 9.54. The number of thioether (sulfide) groups is 1. The van der Waals surface area contributed by atoms with E-state index in [1.54, 1.807) is 0 Å². The molecule has 1 atom stereocenters. The van der Waals surface area contributed by atoms with Crippen molar-refractivity contribution < 1.29 is 9.59 Å². The number of amides is 2. The molecular formula is C28H29N5O2S. The van der Waals surface area contributed by atoms with Gasteiger partial charge in [0.05, 0.1) is 18.2 Å². The Morgan fingerprint density at radius 2 is 1.61 bits per heavy atom. The van der Waals surface area contributed by atoms with Crippen molar-refractivity contribution in [1.29, 1.82) is 0 Å². The molecule has 4 rings (SSSR count). The Balaban J connectivity index is 1.47. The van der Waals surface area contributed by atoms with Crippen molar-refractivity contribution >= 4 is 29.3 Å². The molecule has 184 valence electrons. The van der Waals surface area contributed by atoms with Gasteiger partial charge in [0, 0.05) is 11.4 Å². The number of carbonyl (C=O) groups is 2. The molecule has 0 bridgehead atoms. The molecule has 0 fully saturated rings. The lowest BCUT2D eigenvalue weighted by Crippen LogP contribution is -2.28. The maximum Gasteiger partial charge on any atom is 0.232 e. The van der Waals surface area contributed by atoms with Crippen LogP contribution in [-0.4, -0.2) is 32.3 Å². The normalized spacial score (nSPS) is 11.6. The van der Waals surface area contributed by atoms with Crippen LogP contribution < -0.4 is 10.6 Å². The Kier molecular flexibility index (Phi) is 8.17. The van der Waals surface area contributed by atoms with Gasteiger partial charge in [0.25, 0.3) is 0 Å². The first-order valence-corrected chi connectivity index (χ1v) is 12.7. The van der Waals surface area contributed by atoms with Gasteiger partial charge in [-0.15, -0.1) is 10.2 Å². The molecule has 0 saturated heterocycles. The van der Waals surface area contributed by atoms with Gasteiger partial charge < -0.3 is 10.6 Å². The number of hydrogen-bond acceptors (Lipinski definition) is 5. The number of para-hydroxylation sites is 1. The SMILES string of the molecule is Cc1ccc(NC(=O)Cc2nnc(SCC(=O)NC(C)c3ccccc3)n2-c2ccccc2)c(C)c1. The van der Waals surface area contributed by atoms with Crippen LogP contribution in [0.15, 0.2) is 84.0 Å². The van der Waals surface area contributed by atoms with E-state index in [9.17, 15) is 9.59 Å². The van der Waals surface area contributed by atoms with E-state index in [0.717, 1.165) is 28.1 Å². The molecule has 1 aromatic heterocycles. The van der Waals surface area contributed by atoms with Gasteiger partial charge in [-0.05, 0) is 50.1 Å². The smallest absolute Gasteiger partial charge is 0.232 e. The van der Waals surface area contributed by atoms with Crippen LogP contribution in [0.4, 0.5) is 5.69 Å². The van der Waals surface area contributed by atoms with Gasteiger partial charge in [-0.25, -0.2) is 0 Å². The van der Waals surface area contributed by atoms with Crippen molar-refractivity contribution in [1.82, 2.24) is 20.1 Å². The number of rotatable bonds is 9. The first-order valence-electron chi connectivity index (χ1n) is 11.7. The van der Waals surface area contributed by atoms with E-state index in [0.29, 0.717) is 11.0 Å². The zero-order chi connectivity index (χ0) is 25.5. The van der Waals surface area contributed by atoms with Gasteiger partial charge in [-0.1, -0.05) is 78.0 Å². The van der Waals surface area contributed by atoms with E-state index >= 15 is 0 Å². The van der Waals surface area contributed by atoms with E-state index in [4.69, 9.17) is 0 Å². The van der Waals surface area contributed by atoms with E-state index in [-0.39, 0.29) is 30.0 Å². The number of nitrogens with one attached hydrogen (secondary N) is 2. The molecule has 0 aliphatic rings. The summed E-state index contributed by atoms with van der Waals surface area (Å²) in [6, 6.07) is 25.2. The molecule has 36 heavy (non-hydrogen) atoms. The molecule has 0 aliphatic heterocycles. The zero-order valence-corrected chi connectivity index (χ0v) is 21.4. The average molecular weight is 500 g/mol. The van der Waals surface area contributed by atoms with E-state index in [2.05, 4.69) is 20.8 Å². The number of benzene rings is 3. The fourth-order valence-electron chi connectivity index (χ4n) is 3.87. The highest BCUT2D eigenvalue weighted by atomic mass is 32.2. The minimum absolute atomic E-state index is 0.0486. The molecule has 4 aromatic rings. The third-order valence-electron chi connectivity index (χ3n) is 5.70. The number of nitrogens with zero attached hydrogens (tertiary/aromatic N) is 3. The molecule has 0 radical (unpaired) electrons. The predicted molar refractivity (Wildman–Crippen MR) is 143 cm³/mol. The number of carbonyl (C=O) groups excluding carboxylic acids is 2. The van der Waals surface area contributed by atoms with Crippen molar-refractivity contribution in [2.24, 2.45) is 0 Å². The third kappa shape index (κ3) is 6.40. The largest absolute Gasteiger partial charge is 0.349 e. The highest BCUT2D eigenvalue weighted by Gasteiger charge is 2.19. The quantitative estimate of drug-likeness (QED) is 0.315. The van der Waals surface area contributed by atoms with Crippen LogP contribution in [0.25, 0.3) is 5.69 Å². The van der Waals surface area contributed by atoms with Crippen LogP contribution >= 0.6 is 11.8 Å². The molecule has 3 aromatic carbocycles. The Morgan fingerprint density at radius 1 is 0.917 bits per heavy atom. The van der Waals surface area contributed by atoms with Gasteiger partial charge in [0.2, 0.25) is 11.8 Å². The first-order chi connectivity index (χ1) is 17.4. The molecule has 2 N–H and O–H groups in total. The first kappa shape index (κ1) is 25.2. The van der Waals surface area contributed by atoms with Crippen LogP contribution in [0.5, 0.6) is 0 Å². The Labute approximate surface area is 215 Å². The minimum Gasteiger partial charge on any atom is -0.349 e. The average Bonchev–Trinajstić information content (AvgIpc) is 3.27. The maximum atomic E-state index is 12.9. The molecule has 8 heteroatoms. The topological polar surface area (TPSA) is 88.9 Å². The minimum atomic E-state index is -0.183. The van der Waals surface area contributed by atoms with Crippen LogP contribution in [0.1, 0.15) is 35.5 Å². The molecule has 2 amide bonds. The Hall–Kier alpha value is -3.91. The molecule has 1 heterocycles. The summed E-state index contributed by atoms with van der Waals surface area (Å²) in [5.41, 5.74) is 4.78. The summed E-state index contributed by atoms with van der Waals surface area (Å²) in [6.07, 6.45) is 0.0486. The van der Waals surface area contributed by atoms with Crippen LogP contribution in [-0.2, 0) is 16.0 Å². The summed E-state index contributed by atoms with van der Waals surface area (Å²) in [4.78, 5) is 25.5. The van der Waals surface area contributed by atoms with E-state index < -0.39 is 0 Å². The van der Waals surface area contributed by atoms with Gasteiger partial charge >= 0.3 is 0 Å². The summed E-state index contributed by atoms with van der Waals surface area (Å²) in [5, 5.41) is 15.1. The third-order valence-corrected chi connectivity index (χ3v) is 6.63. The van der Waals surface area contributed by atoms with Crippen molar-refractivity contribution in [3.05, 3.63) is 101 Å². The second-order valence-electron chi connectivity index (χ2n) is 8.60. The van der Waals surface area contributed by atoms with Crippen molar-refractivity contribution in [2.45, 2.75) is 38.4 Å². The molecule has 0 aliphatic carbocycles.